The van der Waals surface area contributed by atoms with Crippen molar-refractivity contribution in [2.45, 2.75) is 38.6 Å². The molecule has 1 aliphatic carbocycles. The van der Waals surface area contributed by atoms with Crippen molar-refractivity contribution < 1.29 is 0 Å². The molecule has 1 saturated carbocycles. The number of anilines is 1. The molecule has 3 nitrogen and oxygen atoms in total. The van der Waals surface area contributed by atoms with Crippen LogP contribution in [0, 0.1) is 6.92 Å². The molecule has 2 aromatic heterocycles. The van der Waals surface area contributed by atoms with E-state index in [1.807, 2.05) is 6.08 Å². The fourth-order valence-electron chi connectivity index (χ4n) is 3.37. The van der Waals surface area contributed by atoms with Gasteiger partial charge in [0.1, 0.15) is 5.82 Å². The number of hydrogen-bond acceptors (Lipinski definition) is 2. The Morgan fingerprint density at radius 2 is 2.05 bits per heavy atom. The minimum atomic E-state index is 0.642. The molecule has 0 unspecified atom stereocenters. The Morgan fingerprint density at radius 3 is 2.65 bits per heavy atom. The van der Waals surface area contributed by atoms with Gasteiger partial charge in [-0.25, -0.2) is 4.98 Å². The molecule has 3 rings (SSSR count). The van der Waals surface area contributed by atoms with E-state index in [0.717, 1.165) is 11.5 Å². The summed E-state index contributed by atoms with van der Waals surface area (Å²) in [6.45, 7) is 6.06. The van der Waals surface area contributed by atoms with E-state index in [1.165, 1.54) is 42.1 Å². The highest BCUT2D eigenvalue weighted by Crippen LogP contribution is 2.37. The van der Waals surface area contributed by atoms with Gasteiger partial charge in [0.05, 0.1) is 5.52 Å². The fraction of sp³-hybridized carbons (Fsp3) is 0.471. The van der Waals surface area contributed by atoms with Gasteiger partial charge in [-0.1, -0.05) is 25.5 Å². The van der Waals surface area contributed by atoms with E-state index < -0.39 is 0 Å². The first-order valence-electron chi connectivity index (χ1n) is 7.43. The van der Waals surface area contributed by atoms with Gasteiger partial charge >= 0.3 is 0 Å². The predicted molar refractivity (Wildman–Crippen MR) is 86.4 cm³/mol. The lowest BCUT2D eigenvalue weighted by atomic mass is 10.1. The van der Waals surface area contributed by atoms with Crippen molar-refractivity contribution in [2.24, 2.45) is 0 Å². The second kappa shape index (κ2) is 4.97. The molecule has 0 N–H and O–H groups in total. The Hall–Kier alpha value is -1.77. The highest BCUT2D eigenvalue weighted by Gasteiger charge is 2.21. The van der Waals surface area contributed by atoms with Gasteiger partial charge < -0.3 is 9.47 Å². The van der Waals surface area contributed by atoms with E-state index in [-0.39, 0.29) is 0 Å². The maximum absolute atomic E-state index is 4.71. The van der Waals surface area contributed by atoms with E-state index in [9.17, 15) is 0 Å². The van der Waals surface area contributed by atoms with E-state index >= 15 is 0 Å². The molecule has 20 heavy (non-hydrogen) atoms. The van der Waals surface area contributed by atoms with Gasteiger partial charge in [0.15, 0.2) is 0 Å². The van der Waals surface area contributed by atoms with Crippen LogP contribution >= 0.6 is 0 Å². The maximum atomic E-state index is 4.71. The van der Waals surface area contributed by atoms with Crippen LogP contribution in [0.15, 0.2) is 18.8 Å². The zero-order chi connectivity index (χ0) is 14.3. The number of pyridine rings is 1. The Balaban J connectivity index is 2.29. The third-order valence-corrected chi connectivity index (χ3v) is 4.31. The van der Waals surface area contributed by atoms with E-state index in [2.05, 4.69) is 49.3 Å². The Bertz CT molecular complexity index is 646. The summed E-state index contributed by atoms with van der Waals surface area (Å²) in [5.41, 5.74) is 3.58. The quantitative estimate of drug-likeness (QED) is 0.834. The molecule has 0 radical (unpaired) electrons. The molecule has 0 bridgehead atoms. The third-order valence-electron chi connectivity index (χ3n) is 4.31. The van der Waals surface area contributed by atoms with Crippen LogP contribution in [0.1, 0.15) is 43.0 Å². The highest BCUT2D eigenvalue weighted by atomic mass is 15.1. The van der Waals surface area contributed by atoms with Crippen LogP contribution in [0.4, 0.5) is 5.82 Å². The lowest BCUT2D eigenvalue weighted by Gasteiger charge is -2.17. The summed E-state index contributed by atoms with van der Waals surface area (Å²) in [6, 6.07) is 2.86. The number of aromatic nitrogens is 2. The number of rotatable bonds is 3. The number of fused-ring (bicyclic) bond motifs is 1. The molecule has 0 saturated heterocycles. The van der Waals surface area contributed by atoms with E-state index in [1.54, 1.807) is 0 Å². The van der Waals surface area contributed by atoms with Gasteiger partial charge in [-0.2, -0.15) is 0 Å². The molecule has 0 atom stereocenters. The maximum Gasteiger partial charge on any atom is 0.138 e. The smallest absolute Gasteiger partial charge is 0.138 e. The lowest BCUT2D eigenvalue weighted by Crippen LogP contribution is -2.12. The summed E-state index contributed by atoms with van der Waals surface area (Å²) in [4.78, 5) is 6.81. The number of nitrogens with zero attached hydrogens (tertiary/aromatic N) is 3. The molecule has 1 fully saturated rings. The second-order valence-corrected chi connectivity index (χ2v) is 6.01. The fourth-order valence-corrected chi connectivity index (χ4v) is 3.37. The molecular weight excluding hydrogens is 246 g/mol. The molecule has 0 aromatic carbocycles. The van der Waals surface area contributed by atoms with Gasteiger partial charge in [0.2, 0.25) is 0 Å². The van der Waals surface area contributed by atoms with Crippen LogP contribution in [-0.2, 0) is 0 Å². The molecule has 0 spiro atoms. The predicted octanol–water partition coefficient (Wildman–Crippen LogP) is 4.17. The average Bonchev–Trinajstić information content (AvgIpc) is 3.03. The largest absolute Gasteiger partial charge is 0.362 e. The molecule has 3 heteroatoms. The molecule has 2 heterocycles. The van der Waals surface area contributed by atoms with Crippen LogP contribution in [0.25, 0.3) is 17.0 Å². The lowest BCUT2D eigenvalue weighted by molar-refractivity contribution is 0.535. The van der Waals surface area contributed by atoms with Crippen LogP contribution in [0.5, 0.6) is 0 Å². The summed E-state index contributed by atoms with van der Waals surface area (Å²) < 4.78 is 2.46. The molecule has 106 valence electrons. The topological polar surface area (TPSA) is 21.1 Å². The van der Waals surface area contributed by atoms with Crippen molar-refractivity contribution in [3.05, 3.63) is 30.1 Å². The Morgan fingerprint density at radius 1 is 1.35 bits per heavy atom. The van der Waals surface area contributed by atoms with Gasteiger partial charge in [0, 0.05) is 43.0 Å². The Kier molecular flexibility index (Phi) is 3.28. The number of hydrogen-bond donors (Lipinski definition) is 0. The molecule has 0 aliphatic heterocycles. The summed E-state index contributed by atoms with van der Waals surface area (Å²) in [5, 5.41) is 1.24. The molecular formula is C17H23N3. The van der Waals surface area contributed by atoms with Crippen LogP contribution < -0.4 is 4.90 Å². The van der Waals surface area contributed by atoms with Gasteiger partial charge in [0.25, 0.3) is 0 Å². The monoisotopic (exact) mass is 269 g/mol. The summed E-state index contributed by atoms with van der Waals surface area (Å²) in [6.07, 6.45) is 9.49. The van der Waals surface area contributed by atoms with Crippen molar-refractivity contribution in [1.82, 2.24) is 9.55 Å². The SMILES string of the molecule is C=Cc1cn(C2CCCC2)c2cc(C)nc(N(C)C)c12. The van der Waals surface area contributed by atoms with E-state index in [4.69, 9.17) is 4.98 Å². The van der Waals surface area contributed by atoms with Crippen molar-refractivity contribution in [1.29, 1.82) is 0 Å². The zero-order valence-electron chi connectivity index (χ0n) is 12.7. The first-order chi connectivity index (χ1) is 9.61. The first kappa shape index (κ1) is 13.2. The summed E-state index contributed by atoms with van der Waals surface area (Å²) in [5.74, 6) is 1.05. The number of aryl methyl sites for hydroxylation is 1. The second-order valence-electron chi connectivity index (χ2n) is 6.01. The van der Waals surface area contributed by atoms with Crippen LogP contribution in [-0.4, -0.2) is 23.6 Å². The van der Waals surface area contributed by atoms with Crippen molar-refractivity contribution >= 4 is 22.8 Å². The molecule has 1 aliphatic rings. The van der Waals surface area contributed by atoms with Crippen molar-refractivity contribution in [3.63, 3.8) is 0 Å². The van der Waals surface area contributed by atoms with Crippen molar-refractivity contribution in [2.75, 3.05) is 19.0 Å². The Labute approximate surface area is 120 Å². The van der Waals surface area contributed by atoms with Gasteiger partial charge in [-0.05, 0) is 25.8 Å². The standard InChI is InChI=1S/C17H23N3/c1-5-13-11-20(14-8-6-7-9-14)15-10-12(2)18-17(16(13)15)19(3)4/h5,10-11,14H,1,6-9H2,2-4H3. The summed E-state index contributed by atoms with van der Waals surface area (Å²) in [7, 11) is 4.11. The van der Waals surface area contributed by atoms with Crippen LogP contribution in [0.2, 0.25) is 0 Å². The summed E-state index contributed by atoms with van der Waals surface area (Å²) >= 11 is 0. The highest BCUT2D eigenvalue weighted by molar-refractivity contribution is 5.98. The van der Waals surface area contributed by atoms with Gasteiger partial charge in [-0.3, -0.25) is 0 Å². The van der Waals surface area contributed by atoms with E-state index in [0.29, 0.717) is 6.04 Å². The minimum absolute atomic E-state index is 0.642. The van der Waals surface area contributed by atoms with Crippen LogP contribution in [0.3, 0.4) is 0 Å². The molecule has 0 amide bonds. The van der Waals surface area contributed by atoms with Gasteiger partial charge in [-0.15, -0.1) is 0 Å². The minimum Gasteiger partial charge on any atom is -0.362 e. The third kappa shape index (κ3) is 2.01. The van der Waals surface area contributed by atoms with Crippen molar-refractivity contribution in [3.8, 4) is 0 Å². The molecule has 2 aromatic rings. The zero-order valence-corrected chi connectivity index (χ0v) is 12.7. The first-order valence-corrected chi connectivity index (χ1v) is 7.43. The average molecular weight is 269 g/mol. The normalized spacial score (nSPS) is 15.9.